The molecular formula is C26H43N3O3. The minimum absolute atomic E-state index is 0.0655. The minimum Gasteiger partial charge on any atom is -0.493 e. The molecule has 2 aliphatic rings. The molecule has 0 radical (unpaired) electrons. The maximum atomic E-state index is 12.9. The Hall–Kier alpha value is -1.79. The first-order chi connectivity index (χ1) is 15.6. The zero-order chi connectivity index (χ0) is 22.8. The highest BCUT2D eigenvalue weighted by Gasteiger charge is 2.39. The first-order valence-electron chi connectivity index (χ1n) is 12.6. The summed E-state index contributed by atoms with van der Waals surface area (Å²) in [5.74, 6) is 1.79. The average Bonchev–Trinajstić information content (AvgIpc) is 2.81. The second kappa shape index (κ2) is 12.4. The lowest BCUT2D eigenvalue weighted by Gasteiger charge is -2.46. The van der Waals surface area contributed by atoms with Gasteiger partial charge in [-0.3, -0.25) is 14.6 Å². The van der Waals surface area contributed by atoms with Crippen LogP contribution in [0.2, 0.25) is 0 Å². The Kier molecular flexibility index (Phi) is 9.67. The van der Waals surface area contributed by atoms with Crippen molar-refractivity contribution in [3.8, 4) is 11.5 Å². The number of nitrogens with one attached hydrogen (secondary N) is 1. The Morgan fingerprint density at radius 1 is 1.03 bits per heavy atom. The molecule has 180 valence electrons. The maximum absolute atomic E-state index is 12.9. The van der Waals surface area contributed by atoms with E-state index in [4.69, 9.17) is 9.47 Å². The van der Waals surface area contributed by atoms with Crippen LogP contribution < -0.4 is 14.8 Å². The standard InChI is InChI=1S/C26H43N3O3/c1-4-15-29-17-9-16-28(21-22-10-11-23(32-5-2)24(19-22)31-3)18-14-27-25(30)20-26(29)12-7-6-8-13-26/h10-11,19H,4-9,12-18,20-21H2,1-3H3,(H,27,30). The van der Waals surface area contributed by atoms with Gasteiger partial charge in [0.25, 0.3) is 0 Å². The maximum Gasteiger partial charge on any atom is 0.221 e. The van der Waals surface area contributed by atoms with Crippen LogP contribution in [0.5, 0.6) is 11.5 Å². The summed E-state index contributed by atoms with van der Waals surface area (Å²) in [5.41, 5.74) is 1.27. The van der Waals surface area contributed by atoms with Gasteiger partial charge in [-0.25, -0.2) is 0 Å². The summed E-state index contributed by atoms with van der Waals surface area (Å²) in [5, 5.41) is 3.23. The monoisotopic (exact) mass is 445 g/mol. The number of nitrogens with zero attached hydrogens (tertiary/aromatic N) is 2. The summed E-state index contributed by atoms with van der Waals surface area (Å²) in [6, 6.07) is 6.20. The molecule has 1 aliphatic heterocycles. The molecule has 0 aromatic heterocycles. The summed E-state index contributed by atoms with van der Waals surface area (Å²) in [4.78, 5) is 18.0. The van der Waals surface area contributed by atoms with Crippen molar-refractivity contribution in [3.63, 3.8) is 0 Å². The van der Waals surface area contributed by atoms with E-state index in [1.165, 1.54) is 24.8 Å². The van der Waals surface area contributed by atoms with Crippen LogP contribution in [0.25, 0.3) is 0 Å². The Balaban J connectivity index is 1.70. The summed E-state index contributed by atoms with van der Waals surface area (Å²) >= 11 is 0. The van der Waals surface area contributed by atoms with Gasteiger partial charge in [-0.2, -0.15) is 0 Å². The van der Waals surface area contributed by atoms with Crippen molar-refractivity contribution < 1.29 is 14.3 Å². The average molecular weight is 446 g/mol. The fourth-order valence-corrected chi connectivity index (χ4v) is 5.48. The van der Waals surface area contributed by atoms with Crippen LogP contribution >= 0.6 is 0 Å². The molecule has 1 saturated heterocycles. The van der Waals surface area contributed by atoms with E-state index in [-0.39, 0.29) is 11.4 Å². The Morgan fingerprint density at radius 3 is 2.56 bits per heavy atom. The second-order valence-electron chi connectivity index (χ2n) is 9.35. The molecule has 6 heteroatoms. The zero-order valence-corrected chi connectivity index (χ0v) is 20.5. The number of carbonyl (C=O) groups is 1. The number of amides is 1. The van der Waals surface area contributed by atoms with Crippen LogP contribution in [0.15, 0.2) is 18.2 Å². The fourth-order valence-electron chi connectivity index (χ4n) is 5.48. The Labute approximate surface area is 194 Å². The van der Waals surface area contributed by atoms with Gasteiger partial charge in [-0.1, -0.05) is 32.3 Å². The Bertz CT molecular complexity index is 718. The van der Waals surface area contributed by atoms with E-state index in [0.29, 0.717) is 19.6 Å². The molecule has 1 aromatic carbocycles. The largest absolute Gasteiger partial charge is 0.493 e. The fraction of sp³-hybridized carbons (Fsp3) is 0.731. The Morgan fingerprint density at radius 2 is 1.84 bits per heavy atom. The van der Waals surface area contributed by atoms with Gasteiger partial charge in [0, 0.05) is 31.6 Å². The predicted octanol–water partition coefficient (Wildman–Crippen LogP) is 4.22. The van der Waals surface area contributed by atoms with Gasteiger partial charge in [-0.05, 0) is 69.9 Å². The molecule has 1 amide bonds. The highest BCUT2D eigenvalue weighted by Crippen LogP contribution is 2.37. The number of hydrogen-bond acceptors (Lipinski definition) is 5. The molecule has 3 rings (SSSR count). The lowest BCUT2D eigenvalue weighted by Crippen LogP contribution is -2.53. The van der Waals surface area contributed by atoms with Crippen LogP contribution in [-0.4, -0.2) is 67.7 Å². The predicted molar refractivity (Wildman–Crippen MR) is 129 cm³/mol. The van der Waals surface area contributed by atoms with Crippen molar-refractivity contribution in [1.82, 2.24) is 15.1 Å². The molecule has 0 unspecified atom stereocenters. The van der Waals surface area contributed by atoms with Crippen molar-refractivity contribution in [3.05, 3.63) is 23.8 Å². The van der Waals surface area contributed by atoms with Gasteiger partial charge in [0.05, 0.1) is 13.7 Å². The minimum atomic E-state index is 0.0655. The van der Waals surface area contributed by atoms with Crippen LogP contribution in [0.1, 0.15) is 70.8 Å². The topological polar surface area (TPSA) is 54.0 Å². The molecule has 2 fully saturated rings. The molecule has 1 spiro atoms. The molecule has 1 heterocycles. The molecule has 1 N–H and O–H groups in total. The van der Waals surface area contributed by atoms with E-state index in [1.54, 1.807) is 7.11 Å². The summed E-state index contributed by atoms with van der Waals surface area (Å²) < 4.78 is 11.2. The molecule has 1 saturated carbocycles. The van der Waals surface area contributed by atoms with Crippen LogP contribution in [0.4, 0.5) is 0 Å². The van der Waals surface area contributed by atoms with Gasteiger partial charge in [0.2, 0.25) is 5.91 Å². The van der Waals surface area contributed by atoms with E-state index in [1.807, 2.05) is 13.0 Å². The zero-order valence-electron chi connectivity index (χ0n) is 20.5. The molecule has 1 aliphatic carbocycles. The van der Waals surface area contributed by atoms with Gasteiger partial charge in [0.1, 0.15) is 0 Å². The number of benzene rings is 1. The van der Waals surface area contributed by atoms with E-state index in [0.717, 1.165) is 69.9 Å². The summed E-state index contributed by atoms with van der Waals surface area (Å²) in [6.45, 7) is 10.5. The number of hydrogen-bond donors (Lipinski definition) is 1. The molecule has 0 atom stereocenters. The highest BCUT2D eigenvalue weighted by atomic mass is 16.5. The van der Waals surface area contributed by atoms with Crippen molar-refractivity contribution in [2.75, 3.05) is 46.4 Å². The third-order valence-electron chi connectivity index (χ3n) is 7.02. The van der Waals surface area contributed by atoms with Crippen molar-refractivity contribution >= 4 is 5.91 Å². The van der Waals surface area contributed by atoms with Crippen LogP contribution in [0.3, 0.4) is 0 Å². The normalized spacial score (nSPS) is 21.0. The quantitative estimate of drug-likeness (QED) is 0.681. The van der Waals surface area contributed by atoms with Gasteiger partial charge < -0.3 is 14.8 Å². The molecule has 6 nitrogen and oxygen atoms in total. The van der Waals surface area contributed by atoms with Gasteiger partial charge in [0.15, 0.2) is 11.5 Å². The van der Waals surface area contributed by atoms with Crippen LogP contribution in [0, 0.1) is 0 Å². The summed E-state index contributed by atoms with van der Waals surface area (Å²) in [7, 11) is 1.69. The molecular weight excluding hydrogens is 402 g/mol. The number of methoxy groups -OCH3 is 1. The number of carbonyl (C=O) groups excluding carboxylic acids is 1. The third-order valence-corrected chi connectivity index (χ3v) is 7.02. The van der Waals surface area contributed by atoms with E-state index >= 15 is 0 Å². The molecule has 32 heavy (non-hydrogen) atoms. The van der Waals surface area contributed by atoms with Gasteiger partial charge in [-0.15, -0.1) is 0 Å². The molecule has 1 aromatic rings. The number of ether oxygens (including phenoxy) is 2. The number of rotatable bonds is 7. The van der Waals surface area contributed by atoms with E-state index < -0.39 is 0 Å². The van der Waals surface area contributed by atoms with Crippen molar-refractivity contribution in [2.24, 2.45) is 0 Å². The lowest BCUT2D eigenvalue weighted by atomic mass is 9.77. The lowest BCUT2D eigenvalue weighted by molar-refractivity contribution is -0.125. The highest BCUT2D eigenvalue weighted by molar-refractivity contribution is 5.77. The van der Waals surface area contributed by atoms with Crippen molar-refractivity contribution in [1.29, 1.82) is 0 Å². The third kappa shape index (κ3) is 6.61. The smallest absolute Gasteiger partial charge is 0.221 e. The van der Waals surface area contributed by atoms with E-state index in [9.17, 15) is 4.79 Å². The van der Waals surface area contributed by atoms with Crippen molar-refractivity contribution in [2.45, 2.75) is 77.3 Å². The molecule has 0 bridgehead atoms. The second-order valence-corrected chi connectivity index (χ2v) is 9.35. The van der Waals surface area contributed by atoms with Crippen LogP contribution in [-0.2, 0) is 11.3 Å². The first kappa shape index (κ1) is 24.8. The SMILES string of the molecule is CCCN1CCCN(Cc2ccc(OCC)c(OC)c2)CCNC(=O)CC12CCCCC2. The first-order valence-corrected chi connectivity index (χ1v) is 12.6. The summed E-state index contributed by atoms with van der Waals surface area (Å²) in [6.07, 6.45) is 9.06. The van der Waals surface area contributed by atoms with Gasteiger partial charge >= 0.3 is 0 Å². The van der Waals surface area contributed by atoms with E-state index in [2.05, 4.69) is 34.2 Å².